The Morgan fingerprint density at radius 3 is 2.56 bits per heavy atom. The molecule has 4 nitrogen and oxygen atoms in total. The predicted molar refractivity (Wildman–Crippen MR) is 92.4 cm³/mol. The fourth-order valence-corrected chi connectivity index (χ4v) is 3.19. The fraction of sp³-hybridized carbons (Fsp3) is 0.263. The minimum absolute atomic E-state index is 0.0764. The van der Waals surface area contributed by atoms with Gasteiger partial charge < -0.3 is 10.4 Å². The number of hydrogen-bond acceptors (Lipinski definition) is 2. The molecule has 0 aromatic heterocycles. The van der Waals surface area contributed by atoms with Crippen LogP contribution in [0.1, 0.15) is 40.2 Å². The van der Waals surface area contributed by atoms with E-state index in [1.165, 1.54) is 18.2 Å². The number of amides is 1. The lowest BCUT2D eigenvalue weighted by Crippen LogP contribution is -2.26. The van der Waals surface area contributed by atoms with E-state index < -0.39 is 5.97 Å². The van der Waals surface area contributed by atoms with Gasteiger partial charge in [0.25, 0.3) is 0 Å². The lowest BCUT2D eigenvalue weighted by atomic mass is 10.1. The molecule has 0 aliphatic heterocycles. The Bertz CT molecular complexity index is 787. The molecule has 25 heavy (non-hydrogen) atoms. The molecular weight excluding hydrogens is 345 g/mol. The molecule has 2 N–H and O–H groups in total. The van der Waals surface area contributed by atoms with Crippen LogP contribution >= 0.6 is 11.6 Å². The molecule has 0 radical (unpaired) electrons. The predicted octanol–water partition coefficient (Wildman–Crippen LogP) is 3.78. The standard InChI is InChI=1S/C19H17ClFNO3/c20-14-2-1-3-15(21)18(14)13-10-16(13)22-17(23)9-6-11-4-7-12(8-5-11)19(24)25/h1-5,7-8,13,16H,6,9-10H2,(H,22,23)(H,24,25). The molecule has 2 aromatic carbocycles. The van der Waals surface area contributed by atoms with Crippen molar-refractivity contribution in [1.29, 1.82) is 0 Å². The Morgan fingerprint density at radius 2 is 1.92 bits per heavy atom. The number of benzene rings is 2. The van der Waals surface area contributed by atoms with Crippen molar-refractivity contribution in [2.75, 3.05) is 0 Å². The van der Waals surface area contributed by atoms with Gasteiger partial charge in [0.05, 0.1) is 5.56 Å². The summed E-state index contributed by atoms with van der Waals surface area (Å²) in [5.41, 5.74) is 1.58. The number of carbonyl (C=O) groups is 2. The second-order valence-corrected chi connectivity index (χ2v) is 6.56. The lowest BCUT2D eigenvalue weighted by Gasteiger charge is -2.07. The van der Waals surface area contributed by atoms with Crippen LogP contribution in [0.5, 0.6) is 0 Å². The van der Waals surface area contributed by atoms with Crippen LogP contribution in [0.3, 0.4) is 0 Å². The van der Waals surface area contributed by atoms with Crippen LogP contribution in [-0.2, 0) is 11.2 Å². The zero-order valence-corrected chi connectivity index (χ0v) is 14.1. The first kappa shape index (κ1) is 17.4. The molecule has 0 spiro atoms. The number of halogens is 2. The molecule has 2 aromatic rings. The summed E-state index contributed by atoms with van der Waals surface area (Å²) < 4.78 is 13.9. The number of nitrogens with one attached hydrogen (secondary N) is 1. The molecule has 1 aliphatic carbocycles. The normalized spacial score (nSPS) is 18.6. The van der Waals surface area contributed by atoms with Crippen LogP contribution in [0.15, 0.2) is 42.5 Å². The summed E-state index contributed by atoms with van der Waals surface area (Å²) in [6, 6.07) is 10.9. The highest BCUT2D eigenvalue weighted by atomic mass is 35.5. The molecule has 1 amide bonds. The van der Waals surface area contributed by atoms with Gasteiger partial charge in [-0.05, 0) is 42.7 Å². The Hall–Kier alpha value is -2.40. The zero-order valence-electron chi connectivity index (χ0n) is 13.3. The van der Waals surface area contributed by atoms with Gasteiger partial charge in [-0.1, -0.05) is 29.8 Å². The van der Waals surface area contributed by atoms with Crippen molar-refractivity contribution in [2.45, 2.75) is 31.2 Å². The van der Waals surface area contributed by atoms with E-state index in [2.05, 4.69) is 5.32 Å². The van der Waals surface area contributed by atoms with E-state index in [1.807, 2.05) is 0 Å². The third-order valence-electron chi connectivity index (χ3n) is 4.35. The maximum Gasteiger partial charge on any atom is 0.335 e. The monoisotopic (exact) mass is 361 g/mol. The lowest BCUT2D eigenvalue weighted by molar-refractivity contribution is -0.121. The van der Waals surface area contributed by atoms with E-state index in [0.717, 1.165) is 5.56 Å². The second-order valence-electron chi connectivity index (χ2n) is 6.15. The van der Waals surface area contributed by atoms with E-state index >= 15 is 0 Å². The zero-order chi connectivity index (χ0) is 18.0. The average Bonchev–Trinajstić information content (AvgIpc) is 3.31. The van der Waals surface area contributed by atoms with Gasteiger partial charge in [-0.15, -0.1) is 0 Å². The third-order valence-corrected chi connectivity index (χ3v) is 4.68. The molecule has 1 aliphatic rings. The SMILES string of the molecule is O=C(CCc1ccc(C(=O)O)cc1)NC1CC1c1c(F)cccc1Cl. The summed E-state index contributed by atoms with van der Waals surface area (Å²) in [7, 11) is 0. The summed E-state index contributed by atoms with van der Waals surface area (Å²) in [6.45, 7) is 0. The first-order valence-electron chi connectivity index (χ1n) is 8.01. The van der Waals surface area contributed by atoms with Crippen LogP contribution in [0, 0.1) is 5.82 Å². The molecule has 1 fully saturated rings. The van der Waals surface area contributed by atoms with Gasteiger partial charge in [0.2, 0.25) is 5.91 Å². The number of aromatic carboxylic acids is 1. The van der Waals surface area contributed by atoms with Gasteiger partial charge in [-0.25, -0.2) is 9.18 Å². The molecule has 2 atom stereocenters. The Morgan fingerprint density at radius 1 is 1.20 bits per heavy atom. The molecular formula is C19H17ClFNO3. The van der Waals surface area contributed by atoms with E-state index in [0.29, 0.717) is 29.8 Å². The average molecular weight is 362 g/mol. The topological polar surface area (TPSA) is 66.4 Å². The van der Waals surface area contributed by atoms with E-state index in [1.54, 1.807) is 24.3 Å². The quantitative estimate of drug-likeness (QED) is 0.822. The Balaban J connectivity index is 1.50. The van der Waals surface area contributed by atoms with Crippen LogP contribution < -0.4 is 5.32 Å². The van der Waals surface area contributed by atoms with Gasteiger partial charge in [-0.3, -0.25) is 4.79 Å². The van der Waals surface area contributed by atoms with E-state index in [4.69, 9.17) is 16.7 Å². The number of carboxylic acid groups (broad SMARTS) is 1. The van der Waals surface area contributed by atoms with Crippen LogP contribution in [0.25, 0.3) is 0 Å². The van der Waals surface area contributed by atoms with Crippen molar-refractivity contribution in [2.24, 2.45) is 0 Å². The van der Waals surface area contributed by atoms with Crippen molar-refractivity contribution in [1.82, 2.24) is 5.32 Å². The molecule has 0 bridgehead atoms. The first-order chi connectivity index (χ1) is 12.0. The van der Waals surface area contributed by atoms with Crippen molar-refractivity contribution in [3.63, 3.8) is 0 Å². The molecule has 1 saturated carbocycles. The fourth-order valence-electron chi connectivity index (χ4n) is 2.89. The minimum atomic E-state index is -0.976. The van der Waals surface area contributed by atoms with E-state index in [9.17, 15) is 14.0 Å². The molecule has 0 heterocycles. The maximum atomic E-state index is 13.9. The second kappa shape index (κ2) is 7.23. The summed E-state index contributed by atoms with van der Waals surface area (Å²) in [5.74, 6) is -1.50. The Kier molecular flexibility index (Phi) is 5.04. The van der Waals surface area contributed by atoms with Crippen molar-refractivity contribution >= 4 is 23.5 Å². The number of carbonyl (C=O) groups excluding carboxylic acids is 1. The maximum absolute atomic E-state index is 13.9. The van der Waals surface area contributed by atoms with Gasteiger partial charge in [0, 0.05) is 29.0 Å². The first-order valence-corrected chi connectivity index (χ1v) is 8.39. The summed E-state index contributed by atoms with van der Waals surface area (Å²) >= 11 is 6.05. The van der Waals surface area contributed by atoms with E-state index in [-0.39, 0.29) is 29.2 Å². The summed E-state index contributed by atoms with van der Waals surface area (Å²) in [5, 5.41) is 12.1. The number of rotatable bonds is 6. The third kappa shape index (κ3) is 4.17. The van der Waals surface area contributed by atoms with Crippen LogP contribution in [-0.4, -0.2) is 23.0 Å². The minimum Gasteiger partial charge on any atom is -0.478 e. The van der Waals surface area contributed by atoms with Crippen LogP contribution in [0.2, 0.25) is 5.02 Å². The summed E-state index contributed by atoms with van der Waals surface area (Å²) in [4.78, 5) is 22.9. The number of aryl methyl sites for hydroxylation is 1. The van der Waals surface area contributed by atoms with Crippen molar-refractivity contribution in [3.8, 4) is 0 Å². The smallest absolute Gasteiger partial charge is 0.335 e. The van der Waals surface area contributed by atoms with Gasteiger partial charge >= 0.3 is 5.97 Å². The van der Waals surface area contributed by atoms with Crippen molar-refractivity contribution < 1.29 is 19.1 Å². The highest BCUT2D eigenvalue weighted by Gasteiger charge is 2.42. The summed E-state index contributed by atoms with van der Waals surface area (Å²) in [6.07, 6.45) is 1.49. The highest BCUT2D eigenvalue weighted by Crippen LogP contribution is 2.44. The van der Waals surface area contributed by atoms with Gasteiger partial charge in [-0.2, -0.15) is 0 Å². The molecule has 6 heteroatoms. The molecule has 2 unspecified atom stereocenters. The van der Waals surface area contributed by atoms with Crippen molar-refractivity contribution in [3.05, 3.63) is 70.0 Å². The van der Waals surface area contributed by atoms with Crippen LogP contribution in [0.4, 0.5) is 4.39 Å². The molecule has 0 saturated heterocycles. The van der Waals surface area contributed by atoms with Gasteiger partial charge in [0.15, 0.2) is 0 Å². The highest BCUT2D eigenvalue weighted by molar-refractivity contribution is 6.31. The largest absolute Gasteiger partial charge is 0.478 e. The molecule has 3 rings (SSSR count). The molecule has 130 valence electrons. The number of hydrogen-bond donors (Lipinski definition) is 2. The van der Waals surface area contributed by atoms with Gasteiger partial charge in [0.1, 0.15) is 5.82 Å². The Labute approximate surface area is 149 Å². The number of carboxylic acids is 1.